The quantitative estimate of drug-likeness (QED) is 0.675. The van der Waals surface area contributed by atoms with E-state index >= 15 is 0 Å². The summed E-state index contributed by atoms with van der Waals surface area (Å²) in [5.74, 6) is -0.759. The first kappa shape index (κ1) is 17.2. The highest BCUT2D eigenvalue weighted by molar-refractivity contribution is 6.05. The zero-order valence-corrected chi connectivity index (χ0v) is 14.9. The van der Waals surface area contributed by atoms with Crippen molar-refractivity contribution in [2.24, 2.45) is 0 Å². The molecule has 0 spiro atoms. The number of nitrogens with one attached hydrogen (secondary N) is 3. The van der Waals surface area contributed by atoms with E-state index in [1.54, 1.807) is 4.90 Å². The van der Waals surface area contributed by atoms with Gasteiger partial charge in [-0.25, -0.2) is 0 Å². The number of fused-ring (bicyclic) bond motifs is 1. The lowest BCUT2D eigenvalue weighted by molar-refractivity contribution is -0.136. The second kappa shape index (κ2) is 6.48. The molecule has 4 rings (SSSR count). The first-order chi connectivity index (χ1) is 12.5. The Balaban J connectivity index is 1.46. The predicted molar refractivity (Wildman–Crippen MR) is 95.2 cm³/mol. The van der Waals surface area contributed by atoms with Crippen LogP contribution in [0.4, 0.5) is 0 Å². The third-order valence-electron chi connectivity index (χ3n) is 5.68. The van der Waals surface area contributed by atoms with Crippen molar-refractivity contribution in [3.05, 3.63) is 34.9 Å². The Bertz CT molecular complexity index is 770. The van der Waals surface area contributed by atoms with Crippen molar-refractivity contribution >= 4 is 17.7 Å². The smallest absolute Gasteiger partial charge is 0.255 e. The number of hydrogen-bond donors (Lipinski definition) is 3. The van der Waals surface area contributed by atoms with Crippen LogP contribution in [-0.2, 0) is 22.7 Å². The summed E-state index contributed by atoms with van der Waals surface area (Å²) in [7, 11) is 0. The average molecular weight is 356 g/mol. The zero-order chi connectivity index (χ0) is 18.3. The number of amides is 3. The molecule has 0 aliphatic carbocycles. The molecule has 3 aliphatic heterocycles. The largest absolute Gasteiger partial charge is 0.322 e. The van der Waals surface area contributed by atoms with Gasteiger partial charge in [0, 0.05) is 37.2 Å². The van der Waals surface area contributed by atoms with Crippen LogP contribution >= 0.6 is 0 Å². The van der Waals surface area contributed by atoms with E-state index in [9.17, 15) is 14.4 Å². The van der Waals surface area contributed by atoms with Crippen molar-refractivity contribution in [1.82, 2.24) is 20.9 Å². The van der Waals surface area contributed by atoms with Gasteiger partial charge in [-0.05, 0) is 43.5 Å². The van der Waals surface area contributed by atoms with E-state index in [1.165, 1.54) is 0 Å². The Morgan fingerprint density at radius 3 is 2.88 bits per heavy atom. The van der Waals surface area contributed by atoms with E-state index in [1.807, 2.05) is 12.1 Å². The van der Waals surface area contributed by atoms with Crippen LogP contribution in [0.2, 0.25) is 0 Å². The fourth-order valence-corrected chi connectivity index (χ4v) is 4.02. The van der Waals surface area contributed by atoms with Crippen molar-refractivity contribution in [3.8, 4) is 0 Å². The molecular formula is C19H24N4O3. The van der Waals surface area contributed by atoms with Gasteiger partial charge in [0.05, 0.1) is 0 Å². The molecule has 26 heavy (non-hydrogen) atoms. The van der Waals surface area contributed by atoms with Gasteiger partial charge in [-0.15, -0.1) is 0 Å². The molecule has 7 nitrogen and oxygen atoms in total. The molecule has 3 N–H and O–H groups in total. The number of carbonyl (C=O) groups excluding carboxylic acids is 3. The highest BCUT2D eigenvalue weighted by Crippen LogP contribution is 2.28. The molecule has 0 bridgehead atoms. The summed E-state index contributed by atoms with van der Waals surface area (Å²) in [5, 5.41) is 9.30. The van der Waals surface area contributed by atoms with Crippen LogP contribution in [0.5, 0.6) is 0 Å². The highest BCUT2D eigenvalue weighted by atomic mass is 16.2. The Morgan fingerprint density at radius 2 is 2.15 bits per heavy atom. The second-order valence-corrected chi connectivity index (χ2v) is 7.73. The Hall–Kier alpha value is -2.25. The number of benzene rings is 1. The van der Waals surface area contributed by atoms with Crippen molar-refractivity contribution in [2.45, 2.75) is 50.9 Å². The zero-order valence-electron chi connectivity index (χ0n) is 14.9. The lowest BCUT2D eigenvalue weighted by Gasteiger charge is -2.29. The Labute approximate surface area is 152 Å². The summed E-state index contributed by atoms with van der Waals surface area (Å²) in [6.45, 7) is 5.38. The molecule has 2 fully saturated rings. The van der Waals surface area contributed by atoms with E-state index in [2.05, 4.69) is 28.9 Å². The van der Waals surface area contributed by atoms with Crippen LogP contribution in [0.3, 0.4) is 0 Å². The fraction of sp³-hybridized carbons (Fsp3) is 0.526. The Morgan fingerprint density at radius 1 is 1.31 bits per heavy atom. The molecule has 7 heteroatoms. The van der Waals surface area contributed by atoms with Crippen LogP contribution in [0.15, 0.2) is 18.2 Å². The van der Waals surface area contributed by atoms with Crippen LogP contribution in [0.1, 0.15) is 47.7 Å². The maximum Gasteiger partial charge on any atom is 0.255 e. The molecule has 0 saturated carbocycles. The predicted octanol–water partition coefficient (Wildman–Crippen LogP) is 0.289. The van der Waals surface area contributed by atoms with Crippen molar-refractivity contribution in [2.75, 3.05) is 13.1 Å². The van der Waals surface area contributed by atoms with Crippen LogP contribution in [-0.4, -0.2) is 47.3 Å². The molecule has 138 valence electrons. The van der Waals surface area contributed by atoms with E-state index in [0.29, 0.717) is 18.5 Å². The third kappa shape index (κ3) is 3.12. The number of imide groups is 1. The van der Waals surface area contributed by atoms with E-state index in [0.717, 1.165) is 37.2 Å². The lowest BCUT2D eigenvalue weighted by atomic mass is 10.0. The molecule has 1 aromatic rings. The summed E-state index contributed by atoms with van der Waals surface area (Å²) in [6.07, 6.45) is 1.77. The third-order valence-corrected chi connectivity index (χ3v) is 5.68. The minimum atomic E-state index is -0.558. The maximum absolute atomic E-state index is 12.7. The van der Waals surface area contributed by atoms with Gasteiger partial charge in [0.1, 0.15) is 6.04 Å². The van der Waals surface area contributed by atoms with Gasteiger partial charge >= 0.3 is 0 Å². The summed E-state index contributed by atoms with van der Waals surface area (Å²) >= 11 is 0. The lowest BCUT2D eigenvalue weighted by Crippen LogP contribution is -2.52. The van der Waals surface area contributed by atoms with E-state index < -0.39 is 6.04 Å². The normalized spacial score (nSPS) is 28.4. The molecule has 3 heterocycles. The van der Waals surface area contributed by atoms with Gasteiger partial charge in [0.15, 0.2) is 0 Å². The number of nitrogens with zero attached hydrogens (tertiary/aromatic N) is 1. The minimum Gasteiger partial charge on any atom is -0.322 e. The minimum absolute atomic E-state index is 0.105. The van der Waals surface area contributed by atoms with Crippen molar-refractivity contribution in [3.63, 3.8) is 0 Å². The summed E-state index contributed by atoms with van der Waals surface area (Å²) in [4.78, 5) is 37.7. The SMILES string of the molecule is C[C@@]1(NCc2ccc3c(c2)CN(C2CCC(=O)NC2=O)C3=O)CCNC1. The van der Waals surface area contributed by atoms with Gasteiger partial charge in [-0.1, -0.05) is 12.1 Å². The topological polar surface area (TPSA) is 90.5 Å². The number of piperidine rings is 1. The molecule has 3 aliphatic rings. The molecule has 3 amide bonds. The van der Waals surface area contributed by atoms with Gasteiger partial charge in [-0.2, -0.15) is 0 Å². The van der Waals surface area contributed by atoms with Gasteiger partial charge in [-0.3, -0.25) is 19.7 Å². The van der Waals surface area contributed by atoms with Crippen molar-refractivity contribution in [1.29, 1.82) is 0 Å². The van der Waals surface area contributed by atoms with E-state index in [-0.39, 0.29) is 29.7 Å². The standard InChI is InChI=1S/C19H24N4O3/c1-19(6-7-20-11-19)21-9-12-2-3-14-13(8-12)10-23(18(14)26)15-4-5-16(24)22-17(15)25/h2-3,8,15,20-21H,4-7,9-11H2,1H3,(H,22,24,25)/t15?,19-/m1/s1. The van der Waals surface area contributed by atoms with Crippen molar-refractivity contribution < 1.29 is 14.4 Å². The number of hydrogen-bond acceptors (Lipinski definition) is 5. The summed E-state index contributed by atoms with van der Waals surface area (Å²) in [5.41, 5.74) is 2.85. The molecule has 0 aromatic heterocycles. The maximum atomic E-state index is 12.7. The first-order valence-electron chi connectivity index (χ1n) is 9.17. The number of rotatable bonds is 4. The molecule has 2 saturated heterocycles. The van der Waals surface area contributed by atoms with Gasteiger partial charge < -0.3 is 15.5 Å². The van der Waals surface area contributed by atoms with E-state index in [4.69, 9.17) is 0 Å². The molecule has 0 radical (unpaired) electrons. The molecule has 1 aromatic carbocycles. The molecular weight excluding hydrogens is 332 g/mol. The Kier molecular flexibility index (Phi) is 4.28. The van der Waals surface area contributed by atoms with Gasteiger partial charge in [0.2, 0.25) is 11.8 Å². The average Bonchev–Trinajstić information content (AvgIpc) is 3.18. The summed E-state index contributed by atoms with van der Waals surface area (Å²) < 4.78 is 0. The van der Waals surface area contributed by atoms with Gasteiger partial charge in [0.25, 0.3) is 5.91 Å². The van der Waals surface area contributed by atoms with Crippen LogP contribution in [0, 0.1) is 0 Å². The molecule has 1 unspecified atom stereocenters. The first-order valence-corrected chi connectivity index (χ1v) is 9.17. The number of carbonyl (C=O) groups is 3. The second-order valence-electron chi connectivity index (χ2n) is 7.73. The summed E-state index contributed by atoms with van der Waals surface area (Å²) in [6, 6.07) is 5.33. The highest BCUT2D eigenvalue weighted by Gasteiger charge is 2.39. The monoisotopic (exact) mass is 356 g/mol. The van der Waals surface area contributed by atoms with Crippen LogP contribution < -0.4 is 16.0 Å². The molecule has 2 atom stereocenters. The fourth-order valence-electron chi connectivity index (χ4n) is 4.02. The van der Waals surface area contributed by atoms with Crippen LogP contribution in [0.25, 0.3) is 0 Å².